The molecule has 0 atom stereocenters. The summed E-state index contributed by atoms with van der Waals surface area (Å²) in [4.78, 5) is 30.7. The van der Waals surface area contributed by atoms with Crippen molar-refractivity contribution < 1.29 is 19.1 Å². The SMILES string of the molecule is O=C(COc1ccc(Cl)cc1)Nc1ccc(N2CCc3ccccc3C2)c(C(=O)NCCCN2CCOCC2)c1. The Morgan fingerprint density at radius 2 is 1.73 bits per heavy atom. The average molecular weight is 563 g/mol. The second kappa shape index (κ2) is 13.7. The van der Waals surface area contributed by atoms with Crippen molar-refractivity contribution >= 4 is 34.8 Å². The summed E-state index contributed by atoms with van der Waals surface area (Å²) in [5.74, 6) is 0.0910. The molecule has 2 N–H and O–H groups in total. The number of carbonyl (C=O) groups is 2. The predicted molar refractivity (Wildman–Crippen MR) is 157 cm³/mol. The number of morpholine rings is 1. The summed E-state index contributed by atoms with van der Waals surface area (Å²) in [6.07, 6.45) is 1.77. The zero-order valence-corrected chi connectivity index (χ0v) is 23.3. The third-order valence-electron chi connectivity index (χ3n) is 7.22. The summed E-state index contributed by atoms with van der Waals surface area (Å²) in [6.45, 7) is 6.26. The number of halogens is 1. The van der Waals surface area contributed by atoms with Gasteiger partial charge in [0.15, 0.2) is 6.61 Å². The Labute approximate surface area is 240 Å². The Morgan fingerprint density at radius 3 is 2.52 bits per heavy atom. The predicted octanol–water partition coefficient (Wildman–Crippen LogP) is 4.37. The molecule has 0 radical (unpaired) electrons. The van der Waals surface area contributed by atoms with Crippen molar-refractivity contribution in [2.75, 3.05) is 62.8 Å². The van der Waals surface area contributed by atoms with Gasteiger partial charge in [0.2, 0.25) is 0 Å². The topological polar surface area (TPSA) is 83.1 Å². The number of nitrogens with zero attached hydrogens (tertiary/aromatic N) is 2. The number of amides is 2. The summed E-state index contributed by atoms with van der Waals surface area (Å²) in [5, 5.41) is 6.56. The van der Waals surface area contributed by atoms with Gasteiger partial charge in [0.1, 0.15) is 5.75 Å². The summed E-state index contributed by atoms with van der Waals surface area (Å²) in [5.41, 5.74) is 4.56. The number of fused-ring (bicyclic) bond motifs is 1. The lowest BCUT2D eigenvalue weighted by Crippen LogP contribution is -2.38. The number of hydrogen-bond acceptors (Lipinski definition) is 6. The fourth-order valence-electron chi connectivity index (χ4n) is 5.07. The highest BCUT2D eigenvalue weighted by Crippen LogP contribution is 2.29. The summed E-state index contributed by atoms with van der Waals surface area (Å²) in [7, 11) is 0. The van der Waals surface area contributed by atoms with Gasteiger partial charge in [-0.3, -0.25) is 14.5 Å². The Bertz CT molecular complexity index is 1310. The highest BCUT2D eigenvalue weighted by atomic mass is 35.5. The van der Waals surface area contributed by atoms with E-state index in [4.69, 9.17) is 21.1 Å². The fourth-order valence-corrected chi connectivity index (χ4v) is 5.20. The van der Waals surface area contributed by atoms with Crippen molar-refractivity contribution in [3.8, 4) is 5.75 Å². The molecule has 0 saturated carbocycles. The van der Waals surface area contributed by atoms with E-state index in [1.165, 1.54) is 11.1 Å². The molecule has 0 aromatic heterocycles. The van der Waals surface area contributed by atoms with Crippen LogP contribution in [0.5, 0.6) is 5.75 Å². The first-order valence-electron chi connectivity index (χ1n) is 13.8. The molecule has 0 aliphatic carbocycles. The first-order chi connectivity index (χ1) is 19.5. The molecule has 8 nitrogen and oxygen atoms in total. The van der Waals surface area contributed by atoms with Crippen LogP contribution in [0.1, 0.15) is 27.9 Å². The third-order valence-corrected chi connectivity index (χ3v) is 7.47. The maximum atomic E-state index is 13.5. The van der Waals surface area contributed by atoms with E-state index in [0.29, 0.717) is 28.6 Å². The normalized spacial score (nSPS) is 15.3. The van der Waals surface area contributed by atoms with Crippen LogP contribution in [0.25, 0.3) is 0 Å². The molecule has 40 heavy (non-hydrogen) atoms. The van der Waals surface area contributed by atoms with Crippen LogP contribution in [0, 0.1) is 0 Å². The van der Waals surface area contributed by atoms with Gasteiger partial charge in [0.05, 0.1) is 18.8 Å². The van der Waals surface area contributed by atoms with Gasteiger partial charge in [-0.1, -0.05) is 35.9 Å². The molecule has 2 aliphatic rings. The Kier molecular flexibility index (Phi) is 9.54. The minimum atomic E-state index is -0.313. The van der Waals surface area contributed by atoms with Gasteiger partial charge in [-0.05, 0) is 73.0 Å². The molecule has 5 rings (SSSR count). The van der Waals surface area contributed by atoms with Gasteiger partial charge in [0, 0.05) is 49.1 Å². The van der Waals surface area contributed by atoms with Gasteiger partial charge >= 0.3 is 0 Å². The van der Waals surface area contributed by atoms with E-state index in [0.717, 1.165) is 64.5 Å². The van der Waals surface area contributed by atoms with E-state index in [-0.39, 0.29) is 18.4 Å². The number of benzene rings is 3. The summed E-state index contributed by atoms with van der Waals surface area (Å²) in [6, 6.07) is 20.8. The zero-order valence-electron chi connectivity index (χ0n) is 22.5. The van der Waals surface area contributed by atoms with Crippen LogP contribution in [0.15, 0.2) is 66.7 Å². The van der Waals surface area contributed by atoms with E-state index in [1.807, 2.05) is 12.1 Å². The van der Waals surface area contributed by atoms with Crippen molar-refractivity contribution in [3.63, 3.8) is 0 Å². The molecule has 210 valence electrons. The van der Waals surface area contributed by atoms with Crippen LogP contribution in [-0.4, -0.2) is 69.3 Å². The van der Waals surface area contributed by atoms with Crippen molar-refractivity contribution in [2.24, 2.45) is 0 Å². The maximum absolute atomic E-state index is 13.5. The van der Waals surface area contributed by atoms with Crippen molar-refractivity contribution in [1.82, 2.24) is 10.2 Å². The third kappa shape index (κ3) is 7.53. The maximum Gasteiger partial charge on any atom is 0.262 e. The Balaban J connectivity index is 1.26. The van der Waals surface area contributed by atoms with Gasteiger partial charge in [0.25, 0.3) is 11.8 Å². The minimum Gasteiger partial charge on any atom is -0.484 e. The van der Waals surface area contributed by atoms with Gasteiger partial charge < -0.3 is 25.0 Å². The number of rotatable bonds is 10. The quantitative estimate of drug-likeness (QED) is 0.357. The average Bonchev–Trinajstić information content (AvgIpc) is 2.99. The molecular formula is C31H35ClN4O4. The molecule has 3 aromatic rings. The lowest BCUT2D eigenvalue weighted by molar-refractivity contribution is -0.118. The molecule has 0 spiro atoms. The number of ether oxygens (including phenoxy) is 2. The fraction of sp³-hybridized carbons (Fsp3) is 0.355. The van der Waals surface area contributed by atoms with Gasteiger partial charge in [-0.25, -0.2) is 0 Å². The lowest BCUT2D eigenvalue weighted by Gasteiger charge is -2.32. The Morgan fingerprint density at radius 1 is 0.950 bits per heavy atom. The molecule has 1 saturated heterocycles. The molecule has 2 aliphatic heterocycles. The number of anilines is 2. The monoisotopic (exact) mass is 562 g/mol. The first-order valence-corrected chi connectivity index (χ1v) is 14.2. The van der Waals surface area contributed by atoms with Crippen molar-refractivity contribution in [1.29, 1.82) is 0 Å². The minimum absolute atomic E-state index is 0.149. The molecule has 0 unspecified atom stereocenters. The highest BCUT2D eigenvalue weighted by molar-refractivity contribution is 6.30. The van der Waals surface area contributed by atoms with Crippen LogP contribution < -0.4 is 20.3 Å². The largest absolute Gasteiger partial charge is 0.484 e. The Hall–Kier alpha value is -3.59. The van der Waals surface area contributed by atoms with E-state index >= 15 is 0 Å². The molecular weight excluding hydrogens is 528 g/mol. The van der Waals surface area contributed by atoms with E-state index in [9.17, 15) is 9.59 Å². The smallest absolute Gasteiger partial charge is 0.262 e. The molecule has 2 amide bonds. The summed E-state index contributed by atoms with van der Waals surface area (Å²) < 4.78 is 11.0. The van der Waals surface area contributed by atoms with Crippen molar-refractivity contribution in [2.45, 2.75) is 19.4 Å². The van der Waals surface area contributed by atoms with Gasteiger partial charge in [-0.2, -0.15) is 0 Å². The first kappa shape index (κ1) is 28.0. The van der Waals surface area contributed by atoms with Crippen molar-refractivity contribution in [3.05, 3.63) is 88.4 Å². The molecule has 1 fully saturated rings. The van der Waals surface area contributed by atoms with Gasteiger partial charge in [-0.15, -0.1) is 0 Å². The molecule has 0 bridgehead atoms. The van der Waals surface area contributed by atoms with E-state index in [1.54, 1.807) is 30.3 Å². The van der Waals surface area contributed by atoms with Crippen LogP contribution in [-0.2, 0) is 22.5 Å². The number of carbonyl (C=O) groups excluding carboxylic acids is 2. The summed E-state index contributed by atoms with van der Waals surface area (Å²) >= 11 is 5.91. The molecule has 2 heterocycles. The molecule has 3 aromatic carbocycles. The highest BCUT2D eigenvalue weighted by Gasteiger charge is 2.22. The zero-order chi connectivity index (χ0) is 27.7. The van der Waals surface area contributed by atoms with Crippen LogP contribution >= 0.6 is 11.6 Å². The molecule has 9 heteroatoms. The number of nitrogens with one attached hydrogen (secondary N) is 2. The van der Waals surface area contributed by atoms with Crippen LogP contribution in [0.4, 0.5) is 11.4 Å². The van der Waals surface area contributed by atoms with E-state index < -0.39 is 0 Å². The standard InChI is InChI=1S/C31H35ClN4O4/c32-25-6-9-27(10-7-25)40-22-30(37)34-26-8-11-29(36-15-12-23-4-1-2-5-24(23)21-36)28(20-26)31(38)33-13-3-14-35-16-18-39-19-17-35/h1-2,4-11,20H,3,12-19,21-22H2,(H,33,38)(H,34,37). The second-order valence-corrected chi connectivity index (χ2v) is 10.5. The second-order valence-electron chi connectivity index (χ2n) is 10.0. The van der Waals surface area contributed by atoms with Crippen LogP contribution in [0.2, 0.25) is 5.02 Å². The van der Waals surface area contributed by atoms with E-state index in [2.05, 4.69) is 44.7 Å². The number of hydrogen-bond donors (Lipinski definition) is 2. The lowest BCUT2D eigenvalue weighted by atomic mass is 9.98. The van der Waals surface area contributed by atoms with Crippen LogP contribution in [0.3, 0.4) is 0 Å².